The molecule has 1 aliphatic heterocycles. The first kappa shape index (κ1) is 16.3. The van der Waals surface area contributed by atoms with Crippen LogP contribution in [0.25, 0.3) is 0 Å². The quantitative estimate of drug-likeness (QED) is 0.908. The number of amides is 1. The number of carbonyl (C=O) groups excluding carboxylic acids is 1. The highest BCUT2D eigenvalue weighted by molar-refractivity contribution is 5.79. The summed E-state index contributed by atoms with van der Waals surface area (Å²) in [5.41, 5.74) is 7.20. The normalized spacial score (nSPS) is 26.6. The summed E-state index contributed by atoms with van der Waals surface area (Å²) in [4.78, 5) is 14.5. The highest BCUT2D eigenvalue weighted by Crippen LogP contribution is 2.37. The molecule has 3 atom stereocenters. The third-order valence-electron chi connectivity index (χ3n) is 5.13. The summed E-state index contributed by atoms with van der Waals surface area (Å²) in [5, 5.41) is 0. The van der Waals surface area contributed by atoms with E-state index in [-0.39, 0.29) is 11.9 Å². The van der Waals surface area contributed by atoms with E-state index in [1.54, 1.807) is 0 Å². The molecular weight excluding hydrogens is 288 g/mol. The van der Waals surface area contributed by atoms with E-state index in [4.69, 9.17) is 10.5 Å². The van der Waals surface area contributed by atoms with Crippen LogP contribution in [0.5, 0.6) is 5.75 Å². The van der Waals surface area contributed by atoms with Gasteiger partial charge in [0.2, 0.25) is 5.91 Å². The molecule has 0 radical (unpaired) electrons. The molecule has 4 nitrogen and oxygen atoms in total. The molecule has 2 N–H and O–H groups in total. The van der Waals surface area contributed by atoms with Crippen LogP contribution in [0.3, 0.4) is 0 Å². The molecule has 126 valence electrons. The van der Waals surface area contributed by atoms with E-state index < -0.39 is 0 Å². The number of nitrogens with zero attached hydrogens (tertiary/aromatic N) is 1. The Morgan fingerprint density at radius 2 is 2.00 bits per heavy atom. The lowest BCUT2D eigenvalue weighted by Gasteiger charge is -2.19. The number of likely N-dealkylation sites (tertiary alicyclic amines) is 1. The third-order valence-corrected chi connectivity index (χ3v) is 5.13. The van der Waals surface area contributed by atoms with Crippen LogP contribution in [0.4, 0.5) is 0 Å². The Kier molecular flexibility index (Phi) is 4.90. The molecule has 2 fully saturated rings. The number of ether oxygens (including phenoxy) is 1. The number of hydrogen-bond donors (Lipinski definition) is 1. The summed E-state index contributed by atoms with van der Waals surface area (Å²) >= 11 is 0. The minimum Gasteiger partial charge on any atom is -0.493 e. The van der Waals surface area contributed by atoms with Gasteiger partial charge in [-0.1, -0.05) is 26.0 Å². The van der Waals surface area contributed by atoms with Crippen molar-refractivity contribution in [3.8, 4) is 5.75 Å². The second-order valence-electron chi connectivity index (χ2n) is 7.49. The van der Waals surface area contributed by atoms with Crippen molar-refractivity contribution in [2.24, 2.45) is 23.5 Å². The second kappa shape index (κ2) is 6.91. The standard InChI is InChI=1S/C19H28N2O2/c1-13(2)12-23-16-6-3-14(4-7-16)9-19(22)21-10-15-5-8-18(20)17(15)11-21/h3-4,6-7,13,15,17-18H,5,8-12,20H2,1-2H3. The van der Waals surface area contributed by atoms with E-state index in [1.165, 1.54) is 6.42 Å². The third kappa shape index (κ3) is 3.86. The summed E-state index contributed by atoms with van der Waals surface area (Å²) in [6.07, 6.45) is 2.77. The summed E-state index contributed by atoms with van der Waals surface area (Å²) in [5.74, 6) is 2.75. The molecule has 2 aliphatic rings. The van der Waals surface area contributed by atoms with E-state index in [2.05, 4.69) is 13.8 Å². The van der Waals surface area contributed by atoms with Gasteiger partial charge in [0.15, 0.2) is 0 Å². The molecule has 1 saturated carbocycles. The summed E-state index contributed by atoms with van der Waals surface area (Å²) < 4.78 is 5.68. The first-order valence-electron chi connectivity index (χ1n) is 8.78. The molecule has 1 aromatic carbocycles. The van der Waals surface area contributed by atoms with Crippen LogP contribution in [-0.2, 0) is 11.2 Å². The van der Waals surface area contributed by atoms with Crippen LogP contribution in [0, 0.1) is 17.8 Å². The molecule has 0 spiro atoms. The smallest absolute Gasteiger partial charge is 0.227 e. The van der Waals surface area contributed by atoms with Crippen molar-refractivity contribution >= 4 is 5.91 Å². The van der Waals surface area contributed by atoms with Gasteiger partial charge in [0.05, 0.1) is 13.0 Å². The van der Waals surface area contributed by atoms with Gasteiger partial charge in [0, 0.05) is 19.1 Å². The van der Waals surface area contributed by atoms with Gasteiger partial charge in [-0.3, -0.25) is 4.79 Å². The molecule has 1 amide bonds. The molecule has 0 aromatic heterocycles. The SMILES string of the molecule is CC(C)COc1ccc(CC(=O)N2CC3CCC(N)C3C2)cc1. The van der Waals surface area contributed by atoms with Crippen LogP contribution in [0.1, 0.15) is 32.3 Å². The maximum atomic E-state index is 12.5. The second-order valence-corrected chi connectivity index (χ2v) is 7.49. The predicted molar refractivity (Wildman–Crippen MR) is 91.2 cm³/mol. The van der Waals surface area contributed by atoms with Gasteiger partial charge >= 0.3 is 0 Å². The van der Waals surface area contributed by atoms with Crippen molar-refractivity contribution < 1.29 is 9.53 Å². The lowest BCUT2D eigenvalue weighted by atomic mass is 9.98. The van der Waals surface area contributed by atoms with Gasteiger partial charge in [-0.25, -0.2) is 0 Å². The number of rotatable bonds is 5. The largest absolute Gasteiger partial charge is 0.493 e. The fourth-order valence-electron chi connectivity index (χ4n) is 3.76. The topological polar surface area (TPSA) is 55.6 Å². The lowest BCUT2D eigenvalue weighted by molar-refractivity contribution is -0.129. The Morgan fingerprint density at radius 3 is 2.65 bits per heavy atom. The zero-order valence-corrected chi connectivity index (χ0v) is 14.2. The number of fused-ring (bicyclic) bond motifs is 1. The maximum absolute atomic E-state index is 12.5. The van der Waals surface area contributed by atoms with Gasteiger partial charge in [-0.2, -0.15) is 0 Å². The molecule has 23 heavy (non-hydrogen) atoms. The van der Waals surface area contributed by atoms with Gasteiger partial charge < -0.3 is 15.4 Å². The fourth-order valence-corrected chi connectivity index (χ4v) is 3.76. The van der Waals surface area contributed by atoms with Gasteiger partial charge in [-0.05, 0) is 48.3 Å². The van der Waals surface area contributed by atoms with Crippen LogP contribution >= 0.6 is 0 Å². The number of hydrogen-bond acceptors (Lipinski definition) is 3. The maximum Gasteiger partial charge on any atom is 0.227 e. The van der Waals surface area contributed by atoms with E-state index in [0.29, 0.717) is 24.2 Å². The van der Waals surface area contributed by atoms with Crippen molar-refractivity contribution in [1.82, 2.24) is 4.90 Å². The monoisotopic (exact) mass is 316 g/mol. The molecule has 1 saturated heterocycles. The van der Waals surface area contributed by atoms with E-state index in [9.17, 15) is 4.79 Å². The molecule has 1 aromatic rings. The van der Waals surface area contributed by atoms with Crippen molar-refractivity contribution in [1.29, 1.82) is 0 Å². The van der Waals surface area contributed by atoms with Gasteiger partial charge in [0.25, 0.3) is 0 Å². The summed E-state index contributed by atoms with van der Waals surface area (Å²) in [7, 11) is 0. The van der Waals surface area contributed by atoms with Crippen LogP contribution in [0.2, 0.25) is 0 Å². The average molecular weight is 316 g/mol. The number of nitrogens with two attached hydrogens (primary N) is 1. The first-order valence-corrected chi connectivity index (χ1v) is 8.78. The first-order chi connectivity index (χ1) is 11.0. The van der Waals surface area contributed by atoms with Crippen LogP contribution < -0.4 is 10.5 Å². The Bertz CT molecular complexity index is 541. The highest BCUT2D eigenvalue weighted by Gasteiger charge is 2.42. The van der Waals surface area contributed by atoms with Crippen LogP contribution in [-0.4, -0.2) is 36.5 Å². The average Bonchev–Trinajstić information content (AvgIpc) is 3.09. The summed E-state index contributed by atoms with van der Waals surface area (Å²) in [6.45, 7) is 6.72. The molecule has 3 rings (SSSR count). The summed E-state index contributed by atoms with van der Waals surface area (Å²) in [6, 6.07) is 8.20. The fraction of sp³-hybridized carbons (Fsp3) is 0.632. The molecule has 1 heterocycles. The van der Waals surface area contributed by atoms with E-state index >= 15 is 0 Å². The highest BCUT2D eigenvalue weighted by atomic mass is 16.5. The van der Waals surface area contributed by atoms with E-state index in [1.807, 2.05) is 29.2 Å². The molecule has 3 unspecified atom stereocenters. The Labute approximate surface area is 139 Å². The zero-order valence-electron chi connectivity index (χ0n) is 14.2. The van der Waals surface area contributed by atoms with Gasteiger partial charge in [0.1, 0.15) is 5.75 Å². The molecule has 1 aliphatic carbocycles. The van der Waals surface area contributed by atoms with Crippen molar-refractivity contribution in [3.63, 3.8) is 0 Å². The molecule has 4 heteroatoms. The molecular formula is C19H28N2O2. The zero-order chi connectivity index (χ0) is 16.4. The Balaban J connectivity index is 1.52. The van der Waals surface area contributed by atoms with Crippen molar-refractivity contribution in [3.05, 3.63) is 29.8 Å². The Hall–Kier alpha value is -1.55. The van der Waals surface area contributed by atoms with Gasteiger partial charge in [-0.15, -0.1) is 0 Å². The Morgan fingerprint density at radius 1 is 1.26 bits per heavy atom. The number of carbonyl (C=O) groups is 1. The minimum atomic E-state index is 0.224. The van der Waals surface area contributed by atoms with Crippen LogP contribution in [0.15, 0.2) is 24.3 Å². The predicted octanol–water partition coefficient (Wildman–Crippen LogP) is 2.46. The van der Waals surface area contributed by atoms with Crippen molar-refractivity contribution in [2.75, 3.05) is 19.7 Å². The van der Waals surface area contributed by atoms with Crippen molar-refractivity contribution in [2.45, 2.75) is 39.2 Å². The molecule has 0 bridgehead atoms. The number of benzene rings is 1. The van der Waals surface area contributed by atoms with E-state index in [0.717, 1.165) is 37.4 Å². The lowest BCUT2D eigenvalue weighted by Crippen LogP contribution is -2.34. The minimum absolute atomic E-state index is 0.224.